The van der Waals surface area contributed by atoms with Gasteiger partial charge in [-0.15, -0.1) is 0 Å². The van der Waals surface area contributed by atoms with E-state index in [2.05, 4.69) is 5.32 Å². The highest BCUT2D eigenvalue weighted by molar-refractivity contribution is 5.47. The van der Waals surface area contributed by atoms with E-state index < -0.39 is 5.82 Å². The number of methoxy groups -OCH3 is 1. The highest BCUT2D eigenvalue weighted by atomic mass is 19.1. The van der Waals surface area contributed by atoms with Crippen molar-refractivity contribution in [3.8, 4) is 0 Å². The predicted octanol–water partition coefficient (Wildman–Crippen LogP) is 3.64. The number of aryl methyl sites for hydroxylation is 1. The van der Waals surface area contributed by atoms with Gasteiger partial charge in [0.25, 0.3) is 0 Å². The topological polar surface area (TPSA) is 21.3 Å². The van der Waals surface area contributed by atoms with E-state index in [-0.39, 0.29) is 23.7 Å². The van der Waals surface area contributed by atoms with Crippen LogP contribution < -0.4 is 5.32 Å². The third kappa shape index (κ3) is 2.99. The van der Waals surface area contributed by atoms with Gasteiger partial charge in [0, 0.05) is 19.2 Å². The Morgan fingerprint density at radius 3 is 2.72 bits per heavy atom. The van der Waals surface area contributed by atoms with E-state index in [0.717, 1.165) is 25.7 Å². The summed E-state index contributed by atoms with van der Waals surface area (Å²) in [5.41, 5.74) is 0.580. The second-order valence-electron chi connectivity index (χ2n) is 4.95. The fraction of sp³-hybridized carbons (Fsp3) is 0.571. The second-order valence-corrected chi connectivity index (χ2v) is 4.95. The van der Waals surface area contributed by atoms with Gasteiger partial charge in [0.1, 0.15) is 11.6 Å². The van der Waals surface area contributed by atoms with E-state index in [1.54, 1.807) is 14.0 Å². The zero-order chi connectivity index (χ0) is 13.1. The summed E-state index contributed by atoms with van der Waals surface area (Å²) in [5, 5.41) is 3.09. The summed E-state index contributed by atoms with van der Waals surface area (Å²) < 4.78 is 32.5. The highest BCUT2D eigenvalue weighted by Crippen LogP contribution is 2.26. The standard InChI is InChI=1S/C14H19F2NO/c1-9-6-13(16)14(8-12(9)15)17-10-4-3-5-11(7-10)18-2/h6,8,10-11,17H,3-5,7H2,1-2H3. The minimum absolute atomic E-state index is 0.153. The molecular weight excluding hydrogens is 236 g/mol. The normalized spacial score (nSPS) is 24.0. The molecule has 1 aliphatic carbocycles. The maximum absolute atomic E-state index is 13.7. The van der Waals surface area contributed by atoms with Crippen molar-refractivity contribution in [3.63, 3.8) is 0 Å². The first-order valence-corrected chi connectivity index (χ1v) is 6.35. The molecule has 0 radical (unpaired) electrons. The predicted molar refractivity (Wildman–Crippen MR) is 67.8 cm³/mol. The van der Waals surface area contributed by atoms with Crippen LogP contribution in [0.25, 0.3) is 0 Å². The number of nitrogens with one attached hydrogen (secondary N) is 1. The van der Waals surface area contributed by atoms with Crippen molar-refractivity contribution < 1.29 is 13.5 Å². The molecule has 1 fully saturated rings. The van der Waals surface area contributed by atoms with Crippen molar-refractivity contribution >= 4 is 5.69 Å². The number of hydrogen-bond donors (Lipinski definition) is 1. The van der Waals surface area contributed by atoms with Crippen LogP contribution >= 0.6 is 0 Å². The third-order valence-electron chi connectivity index (χ3n) is 3.57. The van der Waals surface area contributed by atoms with Crippen molar-refractivity contribution in [1.82, 2.24) is 0 Å². The van der Waals surface area contributed by atoms with Gasteiger partial charge in [-0.2, -0.15) is 0 Å². The van der Waals surface area contributed by atoms with Gasteiger partial charge in [-0.3, -0.25) is 0 Å². The van der Waals surface area contributed by atoms with Gasteiger partial charge in [-0.05, 0) is 44.2 Å². The van der Waals surface area contributed by atoms with E-state index in [4.69, 9.17) is 4.74 Å². The molecule has 0 spiro atoms. The molecule has 0 heterocycles. The van der Waals surface area contributed by atoms with Crippen LogP contribution in [-0.4, -0.2) is 19.3 Å². The summed E-state index contributed by atoms with van der Waals surface area (Å²) in [7, 11) is 1.69. The van der Waals surface area contributed by atoms with Crippen LogP contribution in [0.4, 0.5) is 14.5 Å². The largest absolute Gasteiger partial charge is 0.381 e. The van der Waals surface area contributed by atoms with Crippen molar-refractivity contribution in [3.05, 3.63) is 29.3 Å². The van der Waals surface area contributed by atoms with Crippen LogP contribution in [0.1, 0.15) is 31.2 Å². The van der Waals surface area contributed by atoms with E-state index in [9.17, 15) is 8.78 Å². The molecule has 0 bridgehead atoms. The lowest BCUT2D eigenvalue weighted by molar-refractivity contribution is 0.0669. The van der Waals surface area contributed by atoms with Crippen LogP contribution in [-0.2, 0) is 4.74 Å². The Bertz CT molecular complexity index is 423. The van der Waals surface area contributed by atoms with E-state index in [1.807, 2.05) is 0 Å². The second kappa shape index (κ2) is 5.65. The van der Waals surface area contributed by atoms with Crippen molar-refractivity contribution in [2.24, 2.45) is 0 Å². The summed E-state index contributed by atoms with van der Waals surface area (Å²) in [6.45, 7) is 1.56. The van der Waals surface area contributed by atoms with Gasteiger partial charge in [0.15, 0.2) is 0 Å². The first kappa shape index (κ1) is 13.3. The Labute approximate surface area is 106 Å². The zero-order valence-electron chi connectivity index (χ0n) is 10.8. The quantitative estimate of drug-likeness (QED) is 0.890. The first-order valence-electron chi connectivity index (χ1n) is 6.35. The lowest BCUT2D eigenvalue weighted by Crippen LogP contribution is -2.31. The maximum Gasteiger partial charge on any atom is 0.146 e. The van der Waals surface area contributed by atoms with Crippen LogP contribution in [0.2, 0.25) is 0 Å². The maximum atomic E-state index is 13.7. The molecule has 2 atom stereocenters. The number of anilines is 1. The summed E-state index contributed by atoms with van der Waals surface area (Å²) in [4.78, 5) is 0. The van der Waals surface area contributed by atoms with Gasteiger partial charge in [0.05, 0.1) is 11.8 Å². The van der Waals surface area contributed by atoms with Gasteiger partial charge in [0.2, 0.25) is 0 Å². The molecule has 0 aromatic heterocycles. The molecule has 2 unspecified atom stereocenters. The minimum Gasteiger partial charge on any atom is -0.381 e. The number of benzene rings is 1. The molecule has 2 rings (SSSR count). The molecular formula is C14H19F2NO. The average molecular weight is 255 g/mol. The van der Waals surface area contributed by atoms with Gasteiger partial charge < -0.3 is 10.1 Å². The molecule has 2 nitrogen and oxygen atoms in total. The van der Waals surface area contributed by atoms with Crippen molar-refractivity contribution in [2.75, 3.05) is 12.4 Å². The number of hydrogen-bond acceptors (Lipinski definition) is 2. The third-order valence-corrected chi connectivity index (χ3v) is 3.57. The highest BCUT2D eigenvalue weighted by Gasteiger charge is 2.22. The molecule has 1 N–H and O–H groups in total. The van der Waals surface area contributed by atoms with E-state index in [0.29, 0.717) is 5.56 Å². The Hall–Kier alpha value is -1.16. The molecule has 4 heteroatoms. The Morgan fingerprint density at radius 1 is 1.22 bits per heavy atom. The fourth-order valence-corrected chi connectivity index (χ4v) is 2.47. The summed E-state index contributed by atoms with van der Waals surface area (Å²) >= 11 is 0. The summed E-state index contributed by atoms with van der Waals surface area (Å²) in [6, 6.07) is 2.62. The lowest BCUT2D eigenvalue weighted by atomic mass is 9.92. The van der Waals surface area contributed by atoms with Crippen LogP contribution in [0.5, 0.6) is 0 Å². The fourth-order valence-electron chi connectivity index (χ4n) is 2.47. The van der Waals surface area contributed by atoms with Crippen LogP contribution in [0.3, 0.4) is 0 Å². The van der Waals surface area contributed by atoms with E-state index >= 15 is 0 Å². The Morgan fingerprint density at radius 2 is 2.00 bits per heavy atom. The van der Waals surface area contributed by atoms with Gasteiger partial charge in [-0.1, -0.05) is 0 Å². The summed E-state index contributed by atoms with van der Waals surface area (Å²) in [5.74, 6) is -0.772. The zero-order valence-corrected chi connectivity index (χ0v) is 10.8. The molecule has 100 valence electrons. The molecule has 1 aromatic carbocycles. The molecule has 0 saturated heterocycles. The van der Waals surface area contributed by atoms with Crippen molar-refractivity contribution in [1.29, 1.82) is 0 Å². The van der Waals surface area contributed by atoms with Gasteiger partial charge >= 0.3 is 0 Å². The SMILES string of the molecule is COC1CCCC(Nc2cc(F)c(C)cc2F)C1. The number of halogens is 2. The molecule has 1 aliphatic rings. The van der Waals surface area contributed by atoms with Crippen molar-refractivity contribution in [2.45, 2.75) is 44.8 Å². The first-order chi connectivity index (χ1) is 8.60. The molecule has 0 amide bonds. The van der Waals surface area contributed by atoms with Gasteiger partial charge in [-0.25, -0.2) is 8.78 Å². The molecule has 1 aromatic rings. The Kier molecular flexibility index (Phi) is 4.17. The lowest BCUT2D eigenvalue weighted by Gasteiger charge is -2.29. The van der Waals surface area contributed by atoms with Crippen LogP contribution in [0, 0.1) is 18.6 Å². The summed E-state index contributed by atoms with van der Waals surface area (Å²) in [6.07, 6.45) is 4.11. The smallest absolute Gasteiger partial charge is 0.146 e. The minimum atomic E-state index is -0.395. The molecule has 0 aliphatic heterocycles. The average Bonchev–Trinajstić information content (AvgIpc) is 2.36. The number of rotatable bonds is 3. The Balaban J connectivity index is 2.07. The van der Waals surface area contributed by atoms with Crippen LogP contribution in [0.15, 0.2) is 12.1 Å². The molecule has 18 heavy (non-hydrogen) atoms. The van der Waals surface area contributed by atoms with E-state index in [1.165, 1.54) is 12.1 Å². The molecule has 1 saturated carbocycles. The number of ether oxygens (including phenoxy) is 1. The monoisotopic (exact) mass is 255 g/mol.